The molecule has 9 heteroatoms. The van der Waals surface area contributed by atoms with Crippen molar-refractivity contribution in [2.75, 3.05) is 13.7 Å². The molecule has 0 spiro atoms. The molecule has 12 heavy (non-hydrogen) atoms. The van der Waals surface area contributed by atoms with E-state index < -0.39 is 7.82 Å². The Morgan fingerprint density at radius 3 is 1.33 bits per heavy atom. The smallest absolute Gasteiger partial charge is 0.0592 e. The number of quaternary nitrogens is 3. The van der Waals surface area contributed by atoms with Crippen molar-refractivity contribution < 1.29 is 24.0 Å². The van der Waals surface area contributed by atoms with Crippen molar-refractivity contribution in [2.24, 2.45) is 0 Å². The molecule has 0 saturated carbocycles. The third kappa shape index (κ3) is 91.6. The lowest BCUT2D eigenvalue weighted by Crippen LogP contribution is -2.14. The molecule has 0 aromatic rings. The normalized spacial score (nSPS) is 7.42. The lowest BCUT2D eigenvalue weighted by Gasteiger charge is -2.25. The lowest BCUT2D eigenvalue weighted by atomic mass is 10.9. The monoisotopic (exact) mass is 209 g/mol. The van der Waals surface area contributed by atoms with Gasteiger partial charge in [-0.15, -0.1) is 6.61 Å². The number of phosphoric ester groups is 1. The Morgan fingerprint density at radius 1 is 1.25 bits per heavy atom. The van der Waals surface area contributed by atoms with Crippen molar-refractivity contribution in [3.05, 3.63) is 0 Å². The molecule has 0 amide bonds. The molecule has 0 aliphatic carbocycles. The summed E-state index contributed by atoms with van der Waals surface area (Å²) in [5, 5.41) is 8.93. The summed E-state index contributed by atoms with van der Waals surface area (Å²) in [5.41, 5.74) is 0. The van der Waals surface area contributed by atoms with Gasteiger partial charge in [0.15, 0.2) is 0 Å². The Balaban J connectivity index is -0.0000000246. The van der Waals surface area contributed by atoms with E-state index in [0.29, 0.717) is 0 Å². The van der Waals surface area contributed by atoms with Crippen LogP contribution in [0, 0.1) is 0 Å². The third-order valence-electron chi connectivity index (χ3n) is 0.224. The highest BCUT2D eigenvalue weighted by atomic mass is 31.2. The van der Waals surface area contributed by atoms with Gasteiger partial charge in [-0.05, 0) is 0 Å². The molecule has 12 N–H and O–H groups in total. The molecule has 0 fully saturated rings. The van der Waals surface area contributed by atoms with Gasteiger partial charge in [0, 0.05) is 7.11 Å². The van der Waals surface area contributed by atoms with Crippen molar-refractivity contribution in [3.63, 3.8) is 0 Å². The highest BCUT2D eigenvalue weighted by Crippen LogP contribution is 2.21. The summed E-state index contributed by atoms with van der Waals surface area (Å²) in [7, 11) is -3.83. The molecule has 0 aromatic carbocycles. The molecule has 82 valence electrons. The Hall–Kier alpha value is -0.0500. The summed E-state index contributed by atoms with van der Waals surface area (Å²) in [5.74, 6) is 0. The van der Waals surface area contributed by atoms with Gasteiger partial charge < -0.3 is 42.4 Å². The third-order valence-corrected chi connectivity index (χ3v) is 0.671. The molecule has 0 heterocycles. The van der Waals surface area contributed by atoms with E-state index in [0.717, 1.165) is 7.11 Å². The van der Waals surface area contributed by atoms with E-state index in [-0.39, 0.29) is 25.1 Å². The second kappa shape index (κ2) is 17.2. The highest BCUT2D eigenvalue weighted by Gasteiger charge is 1.75. The lowest BCUT2D eigenvalue weighted by molar-refractivity contribution is -0.361. The largest absolute Gasteiger partial charge is 0.855 e. The molecule has 0 aliphatic rings. The van der Waals surface area contributed by atoms with E-state index in [1.165, 1.54) is 0 Å². The fraction of sp³-hybridized carbons (Fsp3) is 1.00. The van der Waals surface area contributed by atoms with Crippen LogP contribution < -0.4 is 33.3 Å². The minimum absolute atomic E-state index is 0. The van der Waals surface area contributed by atoms with Crippen LogP contribution in [0.4, 0.5) is 0 Å². The van der Waals surface area contributed by atoms with Crippen LogP contribution in [0.25, 0.3) is 0 Å². The zero-order valence-corrected chi connectivity index (χ0v) is 9.09. The first kappa shape index (κ1) is 29.7. The van der Waals surface area contributed by atoms with Crippen LogP contribution in [0.5, 0.6) is 0 Å². The molecule has 0 aromatic heterocycles. The van der Waals surface area contributed by atoms with E-state index in [4.69, 9.17) is 5.11 Å². The van der Waals surface area contributed by atoms with Crippen LogP contribution in [0.1, 0.15) is 6.92 Å². The van der Waals surface area contributed by atoms with E-state index in [1.54, 1.807) is 6.92 Å². The second-order valence-electron chi connectivity index (χ2n) is 0.918. The van der Waals surface area contributed by atoms with E-state index in [9.17, 15) is 14.4 Å². The highest BCUT2D eigenvalue weighted by molar-refractivity contribution is 7.43. The average molecular weight is 209 g/mol. The van der Waals surface area contributed by atoms with Crippen LogP contribution >= 0.6 is 7.82 Å². The number of rotatable bonds is 1. The Morgan fingerprint density at radius 2 is 1.33 bits per heavy atom. The molecular weight excluding hydrogens is 189 g/mol. The van der Waals surface area contributed by atoms with Gasteiger partial charge in [0.2, 0.25) is 0 Å². The summed E-state index contributed by atoms with van der Waals surface area (Å²) >= 11 is 0. The zero-order chi connectivity index (χ0) is 7.91. The Bertz CT molecular complexity index is 95.9. The maximum Gasteiger partial charge on any atom is 0.0592 e. The maximum atomic E-state index is 9.25. The van der Waals surface area contributed by atoms with Crippen molar-refractivity contribution in [3.8, 4) is 0 Å². The van der Waals surface area contributed by atoms with Gasteiger partial charge in [0.25, 0.3) is 0 Å². The number of phosphoric acid groups is 1. The van der Waals surface area contributed by atoms with Gasteiger partial charge in [-0.1, -0.05) is 6.92 Å². The summed E-state index contributed by atoms with van der Waals surface area (Å²) in [6.07, 6.45) is 0. The van der Waals surface area contributed by atoms with Crippen LogP contribution in [-0.2, 0) is 9.09 Å². The van der Waals surface area contributed by atoms with E-state index in [2.05, 4.69) is 4.52 Å². The standard InChI is InChI=1S/C2H5O.CH5O4P.3H3N/c1-2-3;1-5-6(2,3)4;;;/h2H2,1H3;1H3,(H2,2,3,4);3*1H3/q-1;;;;/p+1. The first-order chi connectivity index (χ1) is 3.97. The molecule has 0 rings (SSSR count). The first-order valence-electron chi connectivity index (χ1n) is 2.13. The first-order valence-corrected chi connectivity index (χ1v) is 3.59. The van der Waals surface area contributed by atoms with Gasteiger partial charge in [0.05, 0.1) is 7.82 Å². The molecular formula is C3H20N3O5P. The molecule has 0 atom stereocenters. The quantitative estimate of drug-likeness (QED) is 0.461. The predicted octanol–water partition coefficient (Wildman–Crippen LogP) is -1.04. The van der Waals surface area contributed by atoms with Crippen molar-refractivity contribution >= 4 is 7.82 Å². The Kier molecular flexibility index (Phi) is 42.4. The molecule has 8 nitrogen and oxygen atoms in total. The summed E-state index contributed by atoms with van der Waals surface area (Å²) in [6, 6.07) is 0. The fourth-order valence-electron chi connectivity index (χ4n) is 0. The Labute approximate surface area is 71.9 Å². The van der Waals surface area contributed by atoms with Crippen molar-refractivity contribution in [2.45, 2.75) is 6.92 Å². The molecule has 0 radical (unpaired) electrons. The minimum atomic E-state index is -4.65. The second-order valence-corrected chi connectivity index (χ2v) is 2.18. The number of hydrogen-bond donors (Lipinski definition) is 3. The van der Waals surface area contributed by atoms with Gasteiger partial charge in [-0.2, -0.15) is 0 Å². The average Bonchev–Trinajstić information content (AvgIpc) is 1.67. The fourth-order valence-corrected chi connectivity index (χ4v) is 0. The zero-order valence-electron chi connectivity index (χ0n) is 8.20. The molecule has 0 unspecified atom stereocenters. The number of hydrogen-bond acceptors (Lipinski definition) is 5. The molecule has 0 aliphatic heterocycles. The maximum absolute atomic E-state index is 9.25. The SMILES string of the molecule is CC[O-].COP(=O)([O-])[O-].[NH4+].[NH4+].[NH4+]. The predicted molar refractivity (Wildman–Crippen MR) is 43.1 cm³/mol. The minimum Gasteiger partial charge on any atom is -0.855 e. The topological polar surface area (TPSA) is 205 Å². The van der Waals surface area contributed by atoms with Crippen LogP contribution in [-0.4, -0.2) is 13.7 Å². The van der Waals surface area contributed by atoms with E-state index in [1.807, 2.05) is 0 Å². The van der Waals surface area contributed by atoms with Gasteiger partial charge in [-0.25, -0.2) is 0 Å². The molecule has 0 bridgehead atoms. The van der Waals surface area contributed by atoms with Crippen LogP contribution in [0.15, 0.2) is 0 Å². The van der Waals surface area contributed by atoms with Gasteiger partial charge in [0.1, 0.15) is 0 Å². The van der Waals surface area contributed by atoms with Gasteiger partial charge >= 0.3 is 0 Å². The van der Waals surface area contributed by atoms with Crippen molar-refractivity contribution in [1.29, 1.82) is 0 Å². The summed E-state index contributed by atoms with van der Waals surface area (Å²) in [6.45, 7) is 1.57. The summed E-state index contributed by atoms with van der Waals surface area (Å²) in [4.78, 5) is 18.5. The van der Waals surface area contributed by atoms with Crippen molar-refractivity contribution in [1.82, 2.24) is 18.5 Å². The van der Waals surface area contributed by atoms with E-state index >= 15 is 0 Å². The van der Waals surface area contributed by atoms with Crippen LogP contribution in [0.2, 0.25) is 0 Å². The molecule has 0 saturated heterocycles. The summed E-state index contributed by atoms with van der Waals surface area (Å²) < 4.78 is 12.6. The van der Waals surface area contributed by atoms with Crippen LogP contribution in [0.3, 0.4) is 0 Å². The van der Waals surface area contributed by atoms with Gasteiger partial charge in [-0.3, -0.25) is 0 Å².